The number of carboxylic acid groups (broad SMARTS) is 1. The number of hydrogen-bond acceptors (Lipinski definition) is 5. The Bertz CT molecular complexity index is 401. The predicted octanol–water partition coefficient (Wildman–Crippen LogP) is 0.574. The summed E-state index contributed by atoms with van der Waals surface area (Å²) in [7, 11) is 0. The van der Waals surface area contributed by atoms with Crippen molar-refractivity contribution in [2.45, 2.75) is 23.5 Å². The van der Waals surface area contributed by atoms with E-state index in [0.717, 1.165) is 4.90 Å². The number of nitrogens with zero attached hydrogens (tertiary/aromatic N) is 2. The van der Waals surface area contributed by atoms with Gasteiger partial charge in [-0.25, -0.2) is 4.98 Å². The molecular formula is C10H9N2O2S-. The SMILES string of the molecule is CCC(Sc1ccnc(C#N)c1)C(=O)[O-]. The first-order valence-electron chi connectivity index (χ1n) is 4.41. The third kappa shape index (κ3) is 3.26. The number of pyridine rings is 1. The number of rotatable bonds is 4. The number of thioether (sulfide) groups is 1. The van der Waals surface area contributed by atoms with Crippen molar-refractivity contribution in [3.05, 3.63) is 24.0 Å². The summed E-state index contributed by atoms with van der Waals surface area (Å²) in [5.74, 6) is -1.09. The molecule has 15 heavy (non-hydrogen) atoms. The van der Waals surface area contributed by atoms with Crippen LogP contribution in [0, 0.1) is 11.3 Å². The van der Waals surface area contributed by atoms with Crippen LogP contribution < -0.4 is 5.11 Å². The zero-order valence-electron chi connectivity index (χ0n) is 8.14. The van der Waals surface area contributed by atoms with Gasteiger partial charge in [-0.1, -0.05) is 6.92 Å². The van der Waals surface area contributed by atoms with E-state index < -0.39 is 11.2 Å². The molecular weight excluding hydrogens is 212 g/mol. The van der Waals surface area contributed by atoms with Crippen molar-refractivity contribution in [3.8, 4) is 6.07 Å². The van der Waals surface area contributed by atoms with E-state index in [1.165, 1.54) is 18.0 Å². The third-order valence-electron chi connectivity index (χ3n) is 1.76. The van der Waals surface area contributed by atoms with Gasteiger partial charge in [0.2, 0.25) is 0 Å². The summed E-state index contributed by atoms with van der Waals surface area (Å²) in [6.45, 7) is 1.78. The molecule has 0 fully saturated rings. The molecule has 78 valence electrons. The highest BCUT2D eigenvalue weighted by Gasteiger charge is 2.09. The second-order valence-electron chi connectivity index (χ2n) is 2.82. The quantitative estimate of drug-likeness (QED) is 0.695. The fourth-order valence-corrected chi connectivity index (χ4v) is 1.92. The van der Waals surface area contributed by atoms with E-state index in [2.05, 4.69) is 4.98 Å². The predicted molar refractivity (Wildman–Crippen MR) is 53.9 cm³/mol. The van der Waals surface area contributed by atoms with Gasteiger partial charge in [0, 0.05) is 16.3 Å². The molecule has 1 aromatic heterocycles. The molecule has 5 heteroatoms. The van der Waals surface area contributed by atoms with E-state index in [-0.39, 0.29) is 5.69 Å². The van der Waals surface area contributed by atoms with Crippen LogP contribution in [0.2, 0.25) is 0 Å². The maximum Gasteiger partial charge on any atom is 0.141 e. The molecule has 1 unspecified atom stereocenters. The van der Waals surface area contributed by atoms with Crippen LogP contribution in [0.1, 0.15) is 19.0 Å². The molecule has 1 heterocycles. The Kier molecular flexibility index (Phi) is 4.13. The minimum Gasteiger partial charge on any atom is -0.549 e. The lowest BCUT2D eigenvalue weighted by molar-refractivity contribution is -0.304. The maximum absolute atomic E-state index is 10.7. The highest BCUT2D eigenvalue weighted by Crippen LogP contribution is 2.24. The molecule has 1 rings (SSSR count). The normalized spacial score (nSPS) is 11.7. The van der Waals surface area contributed by atoms with E-state index in [4.69, 9.17) is 5.26 Å². The highest BCUT2D eigenvalue weighted by molar-refractivity contribution is 8.00. The number of aliphatic carboxylic acids is 1. The number of carboxylic acids is 1. The molecule has 0 amide bonds. The number of aromatic nitrogens is 1. The van der Waals surface area contributed by atoms with E-state index in [9.17, 15) is 9.90 Å². The molecule has 4 nitrogen and oxygen atoms in total. The molecule has 0 N–H and O–H groups in total. The van der Waals surface area contributed by atoms with Gasteiger partial charge in [0.05, 0.1) is 5.97 Å². The first-order valence-corrected chi connectivity index (χ1v) is 5.29. The standard InChI is InChI=1S/C10H10N2O2S/c1-2-9(10(13)14)15-8-3-4-12-7(5-8)6-11/h3-5,9H,2H2,1H3,(H,13,14)/p-1. The Labute approximate surface area is 91.9 Å². The summed E-state index contributed by atoms with van der Waals surface area (Å²) in [5, 5.41) is 18.7. The van der Waals surface area contributed by atoms with Gasteiger partial charge in [0.25, 0.3) is 0 Å². The van der Waals surface area contributed by atoms with Gasteiger partial charge in [-0.2, -0.15) is 5.26 Å². The topological polar surface area (TPSA) is 76.8 Å². The maximum atomic E-state index is 10.7. The van der Waals surface area contributed by atoms with Crippen molar-refractivity contribution >= 4 is 17.7 Å². The highest BCUT2D eigenvalue weighted by atomic mass is 32.2. The van der Waals surface area contributed by atoms with Crippen LogP contribution >= 0.6 is 11.8 Å². The van der Waals surface area contributed by atoms with Crippen molar-refractivity contribution in [2.24, 2.45) is 0 Å². The summed E-state index contributed by atoms with van der Waals surface area (Å²) < 4.78 is 0. The van der Waals surface area contributed by atoms with Crippen molar-refractivity contribution in [2.75, 3.05) is 0 Å². The van der Waals surface area contributed by atoms with Gasteiger partial charge in [-0.3, -0.25) is 0 Å². The van der Waals surface area contributed by atoms with Crippen molar-refractivity contribution in [1.29, 1.82) is 5.26 Å². The zero-order valence-corrected chi connectivity index (χ0v) is 8.95. The lowest BCUT2D eigenvalue weighted by atomic mass is 10.3. The second kappa shape index (κ2) is 5.37. The smallest absolute Gasteiger partial charge is 0.141 e. The fraction of sp³-hybridized carbons (Fsp3) is 0.300. The molecule has 0 saturated heterocycles. The van der Waals surface area contributed by atoms with Crippen molar-refractivity contribution in [1.82, 2.24) is 4.98 Å². The fourth-order valence-electron chi connectivity index (χ4n) is 1.01. The molecule has 0 bridgehead atoms. The molecule has 0 radical (unpaired) electrons. The summed E-state index contributed by atoms with van der Waals surface area (Å²) in [6, 6.07) is 5.14. The van der Waals surface area contributed by atoms with Crippen LogP contribution in [-0.2, 0) is 4.79 Å². The molecule has 0 spiro atoms. The van der Waals surface area contributed by atoms with Gasteiger partial charge in [0.1, 0.15) is 11.8 Å². The molecule has 0 aliphatic heterocycles. The summed E-state index contributed by atoms with van der Waals surface area (Å²) >= 11 is 1.17. The average Bonchev–Trinajstić information content (AvgIpc) is 2.25. The van der Waals surface area contributed by atoms with Crippen LogP contribution in [0.5, 0.6) is 0 Å². The number of hydrogen-bond donors (Lipinski definition) is 0. The van der Waals surface area contributed by atoms with Crippen LogP contribution in [0.3, 0.4) is 0 Å². The van der Waals surface area contributed by atoms with Gasteiger partial charge < -0.3 is 9.90 Å². The molecule has 0 aliphatic carbocycles. The van der Waals surface area contributed by atoms with Crippen LogP contribution in [0.4, 0.5) is 0 Å². The third-order valence-corrected chi connectivity index (χ3v) is 3.09. The van der Waals surface area contributed by atoms with E-state index >= 15 is 0 Å². The Balaban J connectivity index is 2.80. The number of carbonyl (C=O) groups is 1. The average molecular weight is 221 g/mol. The van der Waals surface area contributed by atoms with Gasteiger partial charge in [0.15, 0.2) is 0 Å². The Morgan fingerprint density at radius 2 is 2.53 bits per heavy atom. The monoisotopic (exact) mass is 221 g/mol. The first-order chi connectivity index (χ1) is 7.17. The first kappa shape index (κ1) is 11.5. The van der Waals surface area contributed by atoms with Crippen molar-refractivity contribution < 1.29 is 9.90 Å². The Morgan fingerprint density at radius 1 is 1.80 bits per heavy atom. The number of carbonyl (C=O) groups excluding carboxylic acids is 1. The van der Waals surface area contributed by atoms with Crippen LogP contribution in [0.15, 0.2) is 23.2 Å². The minimum absolute atomic E-state index is 0.285. The largest absolute Gasteiger partial charge is 0.549 e. The minimum atomic E-state index is -1.09. The van der Waals surface area contributed by atoms with E-state index in [1.54, 1.807) is 19.1 Å². The van der Waals surface area contributed by atoms with Crippen molar-refractivity contribution in [3.63, 3.8) is 0 Å². The number of nitriles is 1. The second-order valence-corrected chi connectivity index (χ2v) is 4.10. The molecule has 0 saturated carbocycles. The molecule has 0 aliphatic rings. The van der Waals surface area contributed by atoms with Gasteiger partial charge in [-0.15, -0.1) is 11.8 Å². The lowest BCUT2D eigenvalue weighted by Crippen LogP contribution is -2.32. The molecule has 1 atom stereocenters. The summed E-state index contributed by atoms with van der Waals surface area (Å²) in [6.07, 6.45) is 1.97. The van der Waals surface area contributed by atoms with Crippen LogP contribution in [-0.4, -0.2) is 16.2 Å². The van der Waals surface area contributed by atoms with Gasteiger partial charge in [-0.05, 0) is 18.6 Å². The summed E-state index contributed by atoms with van der Waals surface area (Å²) in [4.78, 5) is 15.2. The molecule has 1 aromatic rings. The van der Waals surface area contributed by atoms with E-state index in [1.807, 2.05) is 6.07 Å². The lowest BCUT2D eigenvalue weighted by Gasteiger charge is -2.14. The van der Waals surface area contributed by atoms with E-state index in [0.29, 0.717) is 6.42 Å². The Morgan fingerprint density at radius 3 is 3.07 bits per heavy atom. The summed E-state index contributed by atoms with van der Waals surface area (Å²) in [5.41, 5.74) is 0.285. The van der Waals surface area contributed by atoms with Gasteiger partial charge >= 0.3 is 0 Å². The zero-order chi connectivity index (χ0) is 11.3. The molecule has 0 aromatic carbocycles. The van der Waals surface area contributed by atoms with Crippen LogP contribution in [0.25, 0.3) is 0 Å². The Hall–Kier alpha value is -1.54.